The highest BCUT2D eigenvalue weighted by atomic mass is 79.9. The minimum absolute atomic E-state index is 0.846. The zero-order valence-electron chi connectivity index (χ0n) is 8.53. The molecule has 1 aromatic carbocycles. The van der Waals surface area contributed by atoms with E-state index in [9.17, 15) is 0 Å². The van der Waals surface area contributed by atoms with Crippen LogP contribution in [0.15, 0.2) is 21.2 Å². The van der Waals surface area contributed by atoms with Crippen LogP contribution < -0.4 is 4.74 Å². The summed E-state index contributed by atoms with van der Waals surface area (Å²) in [6, 6.07) is 4.09. The van der Waals surface area contributed by atoms with Crippen LogP contribution in [0, 0.1) is 0 Å². The van der Waals surface area contributed by atoms with Gasteiger partial charge in [-0.3, -0.25) is 0 Å². The largest absolute Gasteiger partial charge is 0.495 e. The molecule has 0 saturated heterocycles. The topological polar surface area (TPSA) is 25.0 Å². The number of halogens is 2. The Bertz CT molecular complexity index is 505. The van der Waals surface area contributed by atoms with E-state index < -0.39 is 0 Å². The molecule has 0 aliphatic carbocycles. The lowest BCUT2D eigenvalue weighted by atomic mass is 10.1. The van der Waals surface area contributed by atoms with E-state index in [2.05, 4.69) is 49.8 Å². The minimum atomic E-state index is 0.846. The van der Waals surface area contributed by atoms with E-state index in [1.165, 1.54) is 10.9 Å². The van der Waals surface area contributed by atoms with Crippen LogP contribution >= 0.6 is 31.9 Å². The quantitative estimate of drug-likeness (QED) is 0.873. The Balaban J connectivity index is 2.75. The van der Waals surface area contributed by atoms with Gasteiger partial charge in [-0.25, -0.2) is 0 Å². The Morgan fingerprint density at radius 3 is 2.67 bits per heavy atom. The Morgan fingerprint density at radius 1 is 1.33 bits per heavy atom. The highest BCUT2D eigenvalue weighted by molar-refractivity contribution is 9.10. The van der Waals surface area contributed by atoms with Gasteiger partial charge in [-0.2, -0.15) is 0 Å². The second-order valence-corrected chi connectivity index (χ2v) is 4.95. The monoisotopic (exact) mass is 331 g/mol. The molecule has 0 fully saturated rings. The Hall–Kier alpha value is -0.480. The van der Waals surface area contributed by atoms with E-state index in [0.29, 0.717) is 0 Å². The molecule has 0 aliphatic rings. The molecule has 0 aliphatic heterocycles. The predicted molar refractivity (Wildman–Crippen MR) is 69.6 cm³/mol. The lowest BCUT2D eigenvalue weighted by Gasteiger charge is -2.03. The number of methoxy groups -OCH3 is 1. The van der Waals surface area contributed by atoms with Crippen molar-refractivity contribution in [1.29, 1.82) is 0 Å². The zero-order chi connectivity index (χ0) is 11.0. The molecule has 0 spiro atoms. The van der Waals surface area contributed by atoms with E-state index in [-0.39, 0.29) is 0 Å². The molecule has 1 N–H and O–H groups in total. The van der Waals surface area contributed by atoms with E-state index in [0.717, 1.165) is 26.8 Å². The fourth-order valence-corrected chi connectivity index (χ4v) is 2.93. The van der Waals surface area contributed by atoms with Crippen LogP contribution in [0.4, 0.5) is 0 Å². The van der Waals surface area contributed by atoms with Gasteiger partial charge in [-0.15, -0.1) is 0 Å². The van der Waals surface area contributed by atoms with E-state index >= 15 is 0 Å². The number of rotatable bonds is 2. The average Bonchev–Trinajstić information content (AvgIpc) is 2.51. The molecule has 80 valence electrons. The highest BCUT2D eigenvalue weighted by Gasteiger charge is 2.10. The smallest absolute Gasteiger partial charge is 0.135 e. The number of hydrogen-bond donors (Lipinski definition) is 1. The van der Waals surface area contributed by atoms with Crippen molar-refractivity contribution in [3.8, 4) is 5.75 Å². The van der Waals surface area contributed by atoms with E-state index in [1.54, 1.807) is 7.11 Å². The highest BCUT2D eigenvalue weighted by Crippen LogP contribution is 2.34. The number of benzene rings is 1. The van der Waals surface area contributed by atoms with Gasteiger partial charge in [0.2, 0.25) is 0 Å². The number of aromatic amines is 1. The summed E-state index contributed by atoms with van der Waals surface area (Å²) in [5, 5.41) is 1.23. The van der Waals surface area contributed by atoms with Crippen LogP contribution in [0.3, 0.4) is 0 Å². The summed E-state index contributed by atoms with van der Waals surface area (Å²) in [6.45, 7) is 2.14. The summed E-state index contributed by atoms with van der Waals surface area (Å²) < 4.78 is 7.29. The van der Waals surface area contributed by atoms with Crippen LogP contribution in [-0.2, 0) is 6.42 Å². The van der Waals surface area contributed by atoms with Gasteiger partial charge in [0.05, 0.1) is 21.7 Å². The number of ether oxygens (including phenoxy) is 1. The van der Waals surface area contributed by atoms with Gasteiger partial charge in [0, 0.05) is 11.5 Å². The van der Waals surface area contributed by atoms with Crippen molar-refractivity contribution in [1.82, 2.24) is 4.98 Å². The molecule has 0 bridgehead atoms. The number of fused-ring (bicyclic) bond motifs is 1. The third-order valence-electron chi connectivity index (χ3n) is 2.48. The molecule has 0 unspecified atom stereocenters. The molecule has 2 aromatic rings. The molecular weight excluding hydrogens is 322 g/mol. The molecular formula is C11H11Br2NO. The molecule has 0 radical (unpaired) electrons. The Labute approximate surface area is 105 Å². The Morgan fingerprint density at radius 2 is 2.07 bits per heavy atom. The summed E-state index contributed by atoms with van der Waals surface area (Å²) in [4.78, 5) is 3.30. The molecule has 0 atom stereocenters. The zero-order valence-corrected chi connectivity index (χ0v) is 11.7. The van der Waals surface area contributed by atoms with Crippen molar-refractivity contribution in [3.63, 3.8) is 0 Å². The molecule has 1 heterocycles. The normalized spacial score (nSPS) is 10.9. The van der Waals surface area contributed by atoms with Gasteiger partial charge in [-0.05, 0) is 49.9 Å². The van der Waals surface area contributed by atoms with Gasteiger partial charge in [0.15, 0.2) is 0 Å². The van der Waals surface area contributed by atoms with E-state index in [1.807, 2.05) is 6.07 Å². The standard InChI is InChI=1S/C11H11Br2NO/c1-3-6-7-4-8(12)10(15-2)5-9(7)14-11(6)13/h4-5,14H,3H2,1-2H3. The second kappa shape index (κ2) is 4.18. The van der Waals surface area contributed by atoms with E-state index in [4.69, 9.17) is 4.74 Å². The molecule has 0 saturated carbocycles. The molecule has 0 amide bonds. The molecule has 2 nitrogen and oxygen atoms in total. The molecule has 15 heavy (non-hydrogen) atoms. The van der Waals surface area contributed by atoms with Crippen LogP contribution in [0.1, 0.15) is 12.5 Å². The van der Waals surface area contributed by atoms with Crippen molar-refractivity contribution in [2.45, 2.75) is 13.3 Å². The lowest BCUT2D eigenvalue weighted by molar-refractivity contribution is 0.413. The maximum absolute atomic E-state index is 5.25. The van der Waals surface area contributed by atoms with Gasteiger partial charge in [0.25, 0.3) is 0 Å². The number of nitrogens with one attached hydrogen (secondary N) is 1. The van der Waals surface area contributed by atoms with Gasteiger partial charge < -0.3 is 9.72 Å². The Kier molecular flexibility index (Phi) is 3.07. The molecule has 1 aromatic heterocycles. The van der Waals surface area contributed by atoms with Crippen LogP contribution in [0.25, 0.3) is 10.9 Å². The third kappa shape index (κ3) is 1.81. The van der Waals surface area contributed by atoms with Gasteiger partial charge >= 0.3 is 0 Å². The summed E-state index contributed by atoms with van der Waals surface area (Å²) >= 11 is 7.03. The first-order valence-electron chi connectivity index (χ1n) is 4.71. The van der Waals surface area contributed by atoms with Crippen molar-refractivity contribution >= 4 is 42.8 Å². The summed E-state index contributed by atoms with van der Waals surface area (Å²) in [5.41, 5.74) is 2.40. The maximum atomic E-state index is 5.25. The van der Waals surface area contributed by atoms with Gasteiger partial charge in [0.1, 0.15) is 5.75 Å². The second-order valence-electron chi connectivity index (χ2n) is 3.30. The molecule has 2 rings (SSSR count). The number of aromatic nitrogens is 1. The number of aryl methyl sites for hydroxylation is 1. The minimum Gasteiger partial charge on any atom is -0.495 e. The lowest BCUT2D eigenvalue weighted by Crippen LogP contribution is -1.84. The van der Waals surface area contributed by atoms with Crippen molar-refractivity contribution in [2.75, 3.05) is 7.11 Å². The van der Waals surface area contributed by atoms with Crippen LogP contribution in [0.5, 0.6) is 5.75 Å². The predicted octanol–water partition coefficient (Wildman–Crippen LogP) is 4.26. The first-order chi connectivity index (χ1) is 7.17. The average molecular weight is 333 g/mol. The fraction of sp³-hybridized carbons (Fsp3) is 0.273. The van der Waals surface area contributed by atoms with Crippen molar-refractivity contribution in [2.24, 2.45) is 0 Å². The van der Waals surface area contributed by atoms with Crippen LogP contribution in [-0.4, -0.2) is 12.1 Å². The van der Waals surface area contributed by atoms with Crippen molar-refractivity contribution in [3.05, 3.63) is 26.8 Å². The fourth-order valence-electron chi connectivity index (χ4n) is 1.72. The number of hydrogen-bond acceptors (Lipinski definition) is 1. The van der Waals surface area contributed by atoms with Gasteiger partial charge in [-0.1, -0.05) is 6.92 Å². The summed E-state index contributed by atoms with van der Waals surface area (Å²) in [7, 11) is 1.67. The first kappa shape index (κ1) is 11.0. The molecule has 4 heteroatoms. The summed E-state index contributed by atoms with van der Waals surface area (Å²) in [5.74, 6) is 0.846. The van der Waals surface area contributed by atoms with Crippen molar-refractivity contribution < 1.29 is 4.74 Å². The number of H-pyrrole nitrogens is 1. The third-order valence-corrected chi connectivity index (χ3v) is 3.78. The first-order valence-corrected chi connectivity index (χ1v) is 6.29. The summed E-state index contributed by atoms with van der Waals surface area (Å²) in [6.07, 6.45) is 0.999. The maximum Gasteiger partial charge on any atom is 0.135 e. The van der Waals surface area contributed by atoms with Crippen LogP contribution in [0.2, 0.25) is 0 Å². The SMILES string of the molecule is CCc1c(Br)[nH]c2cc(OC)c(Br)cc12.